The molecule has 1 N–H and O–H groups in total. The number of carbonyl (C=O) groups excluding carboxylic acids is 3. The van der Waals surface area contributed by atoms with Gasteiger partial charge in [-0.3, -0.25) is 19.2 Å². The van der Waals surface area contributed by atoms with Crippen LogP contribution in [0.2, 0.25) is 0 Å². The number of hydrogen-bond acceptors (Lipinski definition) is 4. The summed E-state index contributed by atoms with van der Waals surface area (Å²) in [6.07, 6.45) is 10.1. The van der Waals surface area contributed by atoms with E-state index in [4.69, 9.17) is 4.84 Å². The minimum Gasteiger partial charge on any atom is -0.299 e. The molecule has 4 saturated carbocycles. The van der Waals surface area contributed by atoms with Gasteiger partial charge < -0.3 is 0 Å². The molecule has 1 aromatic rings. The lowest BCUT2D eigenvalue weighted by Crippen LogP contribution is -2.66. The van der Waals surface area contributed by atoms with Crippen molar-refractivity contribution in [3.05, 3.63) is 47.5 Å². The Balaban J connectivity index is 1.30. The number of amides is 1. The van der Waals surface area contributed by atoms with Gasteiger partial charge in [-0.05, 0) is 96.5 Å². The highest BCUT2D eigenvalue weighted by Crippen LogP contribution is 2.74. The van der Waals surface area contributed by atoms with E-state index in [2.05, 4.69) is 60.0 Å². The highest BCUT2D eigenvalue weighted by atomic mass is 16.6. The fourth-order valence-electron chi connectivity index (χ4n) is 11.1. The molecule has 0 aromatic heterocycles. The molecule has 42 heavy (non-hydrogen) atoms. The number of hydroxylamine groups is 1. The second-order valence-electron chi connectivity index (χ2n) is 16.6. The van der Waals surface area contributed by atoms with Crippen molar-refractivity contribution in [2.45, 2.75) is 113 Å². The summed E-state index contributed by atoms with van der Waals surface area (Å²) in [7, 11) is 0. The second kappa shape index (κ2) is 9.61. The van der Waals surface area contributed by atoms with Gasteiger partial charge in [0.15, 0.2) is 5.78 Å². The van der Waals surface area contributed by atoms with Crippen molar-refractivity contribution < 1.29 is 19.2 Å². The molecule has 228 valence electrons. The van der Waals surface area contributed by atoms with E-state index in [1.807, 2.05) is 30.3 Å². The van der Waals surface area contributed by atoms with Crippen molar-refractivity contribution in [1.82, 2.24) is 5.48 Å². The number of carbonyl (C=O) groups is 3. The number of benzene rings is 1. The molecule has 0 aliphatic heterocycles. The van der Waals surface area contributed by atoms with Crippen molar-refractivity contribution >= 4 is 17.5 Å². The number of fused-ring (bicyclic) bond motifs is 7. The number of rotatable bonds is 4. The van der Waals surface area contributed by atoms with Crippen molar-refractivity contribution in [2.75, 3.05) is 0 Å². The highest BCUT2D eigenvalue weighted by Gasteiger charge is 2.70. The summed E-state index contributed by atoms with van der Waals surface area (Å²) in [6.45, 7) is 16.2. The van der Waals surface area contributed by atoms with Gasteiger partial charge >= 0.3 is 0 Å². The van der Waals surface area contributed by atoms with Gasteiger partial charge in [0, 0.05) is 23.2 Å². The average Bonchev–Trinajstić information content (AvgIpc) is 2.93. The van der Waals surface area contributed by atoms with Gasteiger partial charge in [-0.1, -0.05) is 84.4 Å². The summed E-state index contributed by atoms with van der Waals surface area (Å²) in [5, 5.41) is 0. The molecular formula is C37H51NO4. The molecule has 5 aliphatic rings. The topological polar surface area (TPSA) is 72.5 Å². The smallest absolute Gasteiger partial charge is 0.249 e. The quantitative estimate of drug-likeness (QED) is 0.373. The van der Waals surface area contributed by atoms with Crippen LogP contribution in [0, 0.1) is 50.2 Å². The molecule has 5 aliphatic carbocycles. The van der Waals surface area contributed by atoms with E-state index < -0.39 is 5.41 Å². The fraction of sp³-hybridized carbons (Fsp3) is 0.703. The summed E-state index contributed by atoms with van der Waals surface area (Å²) in [5.41, 5.74) is 3.81. The number of Topliss-reactive ketones (excluding diaryl/α,β-unsaturated/α-hetero) is 1. The molecule has 0 radical (unpaired) electrons. The number of nitrogens with one attached hydrogen (secondary N) is 1. The Morgan fingerprint density at radius 3 is 2.31 bits per heavy atom. The number of hydrogen-bond donors (Lipinski definition) is 1. The van der Waals surface area contributed by atoms with Crippen molar-refractivity contribution in [2.24, 2.45) is 50.2 Å². The van der Waals surface area contributed by atoms with Crippen molar-refractivity contribution in [1.29, 1.82) is 0 Å². The Labute approximate surface area is 252 Å². The summed E-state index contributed by atoms with van der Waals surface area (Å²) < 4.78 is 0. The fourth-order valence-corrected chi connectivity index (χ4v) is 11.1. The van der Waals surface area contributed by atoms with Crippen LogP contribution >= 0.6 is 0 Å². The van der Waals surface area contributed by atoms with Gasteiger partial charge in [0.1, 0.15) is 5.78 Å². The van der Waals surface area contributed by atoms with Gasteiger partial charge in [0.05, 0.1) is 6.61 Å². The highest BCUT2D eigenvalue weighted by molar-refractivity contribution is 5.96. The molecule has 5 nitrogen and oxygen atoms in total. The van der Waals surface area contributed by atoms with Gasteiger partial charge in [-0.15, -0.1) is 0 Å². The van der Waals surface area contributed by atoms with Crippen LogP contribution in [0.25, 0.3) is 0 Å². The Morgan fingerprint density at radius 1 is 0.905 bits per heavy atom. The first-order chi connectivity index (χ1) is 19.6. The maximum Gasteiger partial charge on any atom is 0.249 e. The van der Waals surface area contributed by atoms with Crippen LogP contribution in [0.1, 0.15) is 112 Å². The summed E-state index contributed by atoms with van der Waals surface area (Å²) >= 11 is 0. The third-order valence-electron chi connectivity index (χ3n) is 14.1. The first-order valence-corrected chi connectivity index (χ1v) is 16.4. The molecule has 8 atom stereocenters. The van der Waals surface area contributed by atoms with E-state index in [1.54, 1.807) is 0 Å². The lowest BCUT2D eigenvalue weighted by atomic mass is 9.33. The monoisotopic (exact) mass is 573 g/mol. The Kier molecular flexibility index (Phi) is 6.82. The van der Waals surface area contributed by atoms with Gasteiger partial charge in [0.25, 0.3) is 0 Å². The Hall–Kier alpha value is -2.27. The van der Waals surface area contributed by atoms with Crippen LogP contribution in [0.3, 0.4) is 0 Å². The second-order valence-corrected chi connectivity index (χ2v) is 16.6. The minimum atomic E-state index is -0.557. The zero-order valence-electron chi connectivity index (χ0n) is 26.9. The molecule has 3 unspecified atom stereocenters. The van der Waals surface area contributed by atoms with Crippen LogP contribution in [-0.4, -0.2) is 17.5 Å². The normalized spacial score (nSPS) is 44.2. The first kappa shape index (κ1) is 29.8. The first-order valence-electron chi connectivity index (χ1n) is 16.4. The molecule has 4 fully saturated rings. The molecular weight excluding hydrogens is 522 g/mol. The Morgan fingerprint density at radius 2 is 1.60 bits per heavy atom. The van der Waals surface area contributed by atoms with Crippen molar-refractivity contribution in [3.63, 3.8) is 0 Å². The van der Waals surface area contributed by atoms with E-state index >= 15 is 0 Å². The number of ketones is 2. The van der Waals surface area contributed by atoms with Crippen molar-refractivity contribution in [3.8, 4) is 0 Å². The van der Waals surface area contributed by atoms with E-state index in [9.17, 15) is 14.4 Å². The van der Waals surface area contributed by atoms with Crippen LogP contribution in [0.4, 0.5) is 0 Å². The van der Waals surface area contributed by atoms with E-state index in [0.29, 0.717) is 18.8 Å². The zero-order valence-corrected chi connectivity index (χ0v) is 26.9. The predicted molar refractivity (Wildman–Crippen MR) is 164 cm³/mol. The maximum atomic E-state index is 14.5. The molecule has 0 heterocycles. The summed E-state index contributed by atoms with van der Waals surface area (Å²) in [5.74, 6) is 0.931. The van der Waals surface area contributed by atoms with E-state index in [-0.39, 0.29) is 56.5 Å². The third kappa shape index (κ3) is 4.08. The maximum absolute atomic E-state index is 14.5. The molecule has 0 saturated heterocycles. The SMILES string of the molecule is CC1(C)C(=O)CC[C@@]2(C)C1CC[C@]1(C)C2C(=O)C=C2C3C[C@@](C)(C(=O)NOCc4ccccc4)CC[C@]3(C)CC[C@]21C. The average molecular weight is 574 g/mol. The standard InChI is InChI=1S/C37H51NO4/c1-32(2)28-13-16-37(7)30(35(28,5)15-14-29(32)40)27(39)21-25-26-22-34(4,18-17-33(26,3)19-20-36(25,37)6)31(41)38-42-23-24-11-9-8-10-12-24/h8-12,21,26,28,30H,13-20,22-23H2,1-7H3,(H,38,41)/t26?,28?,30?,33-,34+,35+,36-,37-/m1/s1. The van der Waals surface area contributed by atoms with Crippen LogP contribution in [-0.2, 0) is 25.8 Å². The largest absolute Gasteiger partial charge is 0.299 e. The molecule has 1 aromatic carbocycles. The predicted octanol–water partition coefficient (Wildman–Crippen LogP) is 7.78. The van der Waals surface area contributed by atoms with Gasteiger partial charge in [0.2, 0.25) is 5.91 Å². The number of allylic oxidation sites excluding steroid dienone is 2. The van der Waals surface area contributed by atoms with Crippen LogP contribution < -0.4 is 5.48 Å². The molecule has 0 spiro atoms. The zero-order chi connectivity index (χ0) is 30.3. The van der Waals surface area contributed by atoms with E-state index in [0.717, 1.165) is 56.9 Å². The van der Waals surface area contributed by atoms with E-state index in [1.165, 1.54) is 5.57 Å². The van der Waals surface area contributed by atoms with Gasteiger partial charge in [-0.25, -0.2) is 5.48 Å². The molecule has 6 rings (SSSR count). The molecule has 5 heteroatoms. The summed E-state index contributed by atoms with van der Waals surface area (Å²) in [4.78, 5) is 46.8. The lowest BCUT2D eigenvalue weighted by Gasteiger charge is -2.70. The minimum absolute atomic E-state index is 0.0540. The molecule has 1 amide bonds. The lowest BCUT2D eigenvalue weighted by molar-refractivity contribution is -0.188. The Bertz CT molecular complexity index is 1330. The molecule has 0 bridgehead atoms. The van der Waals surface area contributed by atoms with Crippen LogP contribution in [0.5, 0.6) is 0 Å². The summed E-state index contributed by atoms with van der Waals surface area (Å²) in [6, 6.07) is 9.88. The van der Waals surface area contributed by atoms with Gasteiger partial charge in [-0.2, -0.15) is 0 Å². The third-order valence-corrected chi connectivity index (χ3v) is 14.1. The van der Waals surface area contributed by atoms with Crippen LogP contribution in [0.15, 0.2) is 42.0 Å².